The Kier molecular flexibility index (Phi) is 4.78. The summed E-state index contributed by atoms with van der Waals surface area (Å²) in [6.07, 6.45) is 0. The monoisotopic (exact) mass is 237 g/mol. The molecule has 0 radical (unpaired) electrons. The molecule has 0 bridgehead atoms. The SMILES string of the molecule is CNC(=O)c1ccc(NCC(C)CO)c(N)c1. The molecule has 1 rings (SSSR count). The van der Waals surface area contributed by atoms with Gasteiger partial charge in [-0.05, 0) is 24.1 Å². The molecule has 0 aromatic heterocycles. The zero-order chi connectivity index (χ0) is 12.8. The average molecular weight is 237 g/mol. The molecule has 0 heterocycles. The predicted octanol–water partition coefficient (Wildman–Crippen LogP) is 0.669. The second-order valence-electron chi connectivity index (χ2n) is 4.05. The third kappa shape index (κ3) is 3.64. The highest BCUT2D eigenvalue weighted by molar-refractivity contribution is 5.95. The molecule has 0 saturated carbocycles. The summed E-state index contributed by atoms with van der Waals surface area (Å²) in [4.78, 5) is 11.4. The number of hydrogen-bond acceptors (Lipinski definition) is 4. The number of benzene rings is 1. The van der Waals surface area contributed by atoms with Crippen LogP contribution in [0.4, 0.5) is 11.4 Å². The minimum absolute atomic E-state index is 0.128. The number of anilines is 2. The number of nitrogens with one attached hydrogen (secondary N) is 2. The Morgan fingerprint density at radius 2 is 2.24 bits per heavy atom. The van der Waals surface area contributed by atoms with Crippen LogP contribution in [0.15, 0.2) is 18.2 Å². The van der Waals surface area contributed by atoms with Crippen LogP contribution in [0.25, 0.3) is 0 Å². The first-order valence-corrected chi connectivity index (χ1v) is 5.54. The van der Waals surface area contributed by atoms with Crippen molar-refractivity contribution >= 4 is 17.3 Å². The number of aliphatic hydroxyl groups excluding tert-OH is 1. The van der Waals surface area contributed by atoms with Gasteiger partial charge in [0.15, 0.2) is 0 Å². The number of rotatable bonds is 5. The molecule has 0 aliphatic rings. The van der Waals surface area contributed by atoms with E-state index >= 15 is 0 Å². The van der Waals surface area contributed by atoms with Crippen LogP contribution < -0.4 is 16.4 Å². The number of amides is 1. The Morgan fingerprint density at radius 3 is 2.76 bits per heavy atom. The van der Waals surface area contributed by atoms with Crippen LogP contribution in [0.2, 0.25) is 0 Å². The highest BCUT2D eigenvalue weighted by atomic mass is 16.3. The summed E-state index contributed by atoms with van der Waals surface area (Å²) in [7, 11) is 1.58. The van der Waals surface area contributed by atoms with Gasteiger partial charge in [-0.2, -0.15) is 0 Å². The minimum Gasteiger partial charge on any atom is -0.397 e. The molecule has 1 aromatic rings. The minimum atomic E-state index is -0.160. The molecule has 1 aromatic carbocycles. The van der Waals surface area contributed by atoms with Crippen LogP contribution in [0, 0.1) is 5.92 Å². The summed E-state index contributed by atoms with van der Waals surface area (Å²) in [5.74, 6) is -0.00000630. The number of carbonyl (C=O) groups excluding carboxylic acids is 1. The first-order chi connectivity index (χ1) is 8.08. The normalized spacial score (nSPS) is 11.9. The lowest BCUT2D eigenvalue weighted by Crippen LogP contribution is -2.19. The second kappa shape index (κ2) is 6.10. The zero-order valence-electron chi connectivity index (χ0n) is 10.2. The molecule has 1 atom stereocenters. The Bertz CT molecular complexity index is 393. The van der Waals surface area contributed by atoms with E-state index < -0.39 is 0 Å². The molecular weight excluding hydrogens is 218 g/mol. The maximum absolute atomic E-state index is 11.4. The van der Waals surface area contributed by atoms with Crippen LogP contribution >= 0.6 is 0 Å². The summed E-state index contributed by atoms with van der Waals surface area (Å²) < 4.78 is 0. The summed E-state index contributed by atoms with van der Waals surface area (Å²) >= 11 is 0. The lowest BCUT2D eigenvalue weighted by molar-refractivity contribution is 0.0963. The van der Waals surface area contributed by atoms with Gasteiger partial charge in [0.1, 0.15) is 0 Å². The molecule has 5 N–H and O–H groups in total. The van der Waals surface area contributed by atoms with Crippen LogP contribution in [0.3, 0.4) is 0 Å². The molecule has 17 heavy (non-hydrogen) atoms. The van der Waals surface area contributed by atoms with E-state index in [9.17, 15) is 4.79 Å². The van der Waals surface area contributed by atoms with Crippen molar-refractivity contribution in [3.05, 3.63) is 23.8 Å². The van der Waals surface area contributed by atoms with E-state index in [4.69, 9.17) is 10.8 Å². The molecule has 0 aliphatic carbocycles. The first kappa shape index (κ1) is 13.3. The highest BCUT2D eigenvalue weighted by Crippen LogP contribution is 2.20. The van der Waals surface area contributed by atoms with Crippen molar-refractivity contribution < 1.29 is 9.90 Å². The maximum atomic E-state index is 11.4. The molecule has 0 aliphatic heterocycles. The van der Waals surface area contributed by atoms with E-state index in [0.717, 1.165) is 5.69 Å². The maximum Gasteiger partial charge on any atom is 0.251 e. The third-order valence-electron chi connectivity index (χ3n) is 2.49. The van der Waals surface area contributed by atoms with Crippen LogP contribution in [-0.2, 0) is 0 Å². The van der Waals surface area contributed by atoms with Gasteiger partial charge in [-0.15, -0.1) is 0 Å². The fraction of sp³-hybridized carbons (Fsp3) is 0.417. The first-order valence-electron chi connectivity index (χ1n) is 5.54. The number of nitrogens with two attached hydrogens (primary N) is 1. The van der Waals surface area contributed by atoms with Crippen molar-refractivity contribution in [2.45, 2.75) is 6.92 Å². The fourth-order valence-electron chi connectivity index (χ4n) is 1.36. The number of nitrogen functional groups attached to an aromatic ring is 1. The Balaban J connectivity index is 2.73. The summed E-state index contributed by atoms with van der Waals surface area (Å²) in [5, 5.41) is 14.6. The van der Waals surface area contributed by atoms with Gasteiger partial charge < -0.3 is 21.5 Å². The molecule has 94 valence electrons. The molecule has 0 saturated heterocycles. The molecule has 1 amide bonds. The van der Waals surface area contributed by atoms with Crippen LogP contribution in [0.5, 0.6) is 0 Å². The number of carbonyl (C=O) groups is 1. The van der Waals surface area contributed by atoms with Gasteiger partial charge >= 0.3 is 0 Å². The Hall–Kier alpha value is -1.75. The van der Waals surface area contributed by atoms with E-state index in [1.165, 1.54) is 0 Å². The van der Waals surface area contributed by atoms with E-state index in [2.05, 4.69) is 10.6 Å². The highest BCUT2D eigenvalue weighted by Gasteiger charge is 2.07. The summed E-state index contributed by atoms with van der Waals surface area (Å²) in [6, 6.07) is 5.11. The van der Waals surface area contributed by atoms with Crippen molar-refractivity contribution in [3.63, 3.8) is 0 Å². The molecule has 0 fully saturated rings. The van der Waals surface area contributed by atoms with Crippen molar-refractivity contribution in [2.24, 2.45) is 5.92 Å². The van der Waals surface area contributed by atoms with E-state index in [0.29, 0.717) is 17.8 Å². The molecule has 1 unspecified atom stereocenters. The number of hydrogen-bond donors (Lipinski definition) is 4. The van der Waals surface area contributed by atoms with Gasteiger partial charge in [0.05, 0.1) is 11.4 Å². The zero-order valence-corrected chi connectivity index (χ0v) is 10.2. The second-order valence-corrected chi connectivity index (χ2v) is 4.05. The van der Waals surface area contributed by atoms with Gasteiger partial charge in [0.2, 0.25) is 0 Å². The average Bonchev–Trinajstić information content (AvgIpc) is 2.35. The molecular formula is C12H19N3O2. The van der Waals surface area contributed by atoms with E-state index in [1.807, 2.05) is 6.92 Å². The van der Waals surface area contributed by atoms with E-state index in [-0.39, 0.29) is 18.4 Å². The largest absolute Gasteiger partial charge is 0.397 e. The van der Waals surface area contributed by atoms with Crippen LogP contribution in [-0.4, -0.2) is 31.2 Å². The summed E-state index contributed by atoms with van der Waals surface area (Å²) in [6.45, 7) is 2.70. The molecule has 5 nitrogen and oxygen atoms in total. The number of aliphatic hydroxyl groups is 1. The Labute approximate surface area is 101 Å². The molecule has 0 spiro atoms. The van der Waals surface area contributed by atoms with Gasteiger partial charge in [0.25, 0.3) is 5.91 Å². The predicted molar refractivity (Wildman–Crippen MR) is 69.0 cm³/mol. The van der Waals surface area contributed by atoms with Gasteiger partial charge in [-0.25, -0.2) is 0 Å². The topological polar surface area (TPSA) is 87.4 Å². The molecule has 5 heteroatoms. The van der Waals surface area contributed by atoms with Gasteiger partial charge in [-0.1, -0.05) is 6.92 Å². The van der Waals surface area contributed by atoms with Crippen LogP contribution in [0.1, 0.15) is 17.3 Å². The lowest BCUT2D eigenvalue weighted by Gasteiger charge is -2.13. The third-order valence-corrected chi connectivity index (χ3v) is 2.49. The smallest absolute Gasteiger partial charge is 0.251 e. The summed E-state index contributed by atoms with van der Waals surface area (Å²) in [5.41, 5.74) is 7.67. The lowest BCUT2D eigenvalue weighted by atomic mass is 10.1. The van der Waals surface area contributed by atoms with Gasteiger partial charge in [-0.3, -0.25) is 4.79 Å². The Morgan fingerprint density at radius 1 is 1.53 bits per heavy atom. The van der Waals surface area contributed by atoms with E-state index in [1.54, 1.807) is 25.2 Å². The fourth-order valence-corrected chi connectivity index (χ4v) is 1.36. The quantitative estimate of drug-likeness (QED) is 0.567. The van der Waals surface area contributed by atoms with Gasteiger partial charge in [0, 0.05) is 25.8 Å². The van der Waals surface area contributed by atoms with Crippen molar-refractivity contribution in [3.8, 4) is 0 Å². The van der Waals surface area contributed by atoms with Crippen molar-refractivity contribution in [2.75, 3.05) is 31.2 Å². The van der Waals surface area contributed by atoms with Crippen molar-refractivity contribution in [1.29, 1.82) is 0 Å². The van der Waals surface area contributed by atoms with Crippen molar-refractivity contribution in [1.82, 2.24) is 5.32 Å². The standard InChI is InChI=1S/C12H19N3O2/c1-8(7-16)6-15-11-4-3-9(5-10(11)13)12(17)14-2/h3-5,8,15-16H,6-7,13H2,1-2H3,(H,14,17).